The maximum atomic E-state index is 12.2. The SMILES string of the molecule is O=C(Nc1nnc(C2CCCCC2)o1)c1ccccc1[N+](=O)[O-]. The van der Waals surface area contributed by atoms with Gasteiger partial charge in [0.2, 0.25) is 5.89 Å². The molecule has 120 valence electrons. The smallest absolute Gasteiger partial charge is 0.322 e. The van der Waals surface area contributed by atoms with Gasteiger partial charge in [0.25, 0.3) is 11.6 Å². The average molecular weight is 316 g/mol. The van der Waals surface area contributed by atoms with Gasteiger partial charge in [0, 0.05) is 12.0 Å². The molecule has 0 saturated heterocycles. The lowest BCUT2D eigenvalue weighted by Crippen LogP contribution is -2.14. The first kappa shape index (κ1) is 15.1. The lowest BCUT2D eigenvalue weighted by molar-refractivity contribution is -0.385. The van der Waals surface area contributed by atoms with E-state index in [4.69, 9.17) is 4.42 Å². The Balaban J connectivity index is 1.73. The minimum absolute atomic E-state index is 0.0336. The maximum absolute atomic E-state index is 12.2. The Morgan fingerprint density at radius 2 is 1.96 bits per heavy atom. The molecule has 1 aliphatic rings. The Kier molecular flexibility index (Phi) is 4.31. The molecular formula is C15H16N4O4. The van der Waals surface area contributed by atoms with E-state index in [-0.39, 0.29) is 23.2 Å². The van der Waals surface area contributed by atoms with Gasteiger partial charge in [-0.3, -0.25) is 20.2 Å². The zero-order chi connectivity index (χ0) is 16.2. The van der Waals surface area contributed by atoms with Crippen LogP contribution in [0.4, 0.5) is 11.7 Å². The van der Waals surface area contributed by atoms with E-state index in [0.29, 0.717) is 5.89 Å². The summed E-state index contributed by atoms with van der Waals surface area (Å²) in [6, 6.07) is 5.68. The number of amides is 1. The second-order valence-corrected chi connectivity index (χ2v) is 5.51. The molecule has 1 heterocycles. The number of carbonyl (C=O) groups excluding carboxylic acids is 1. The highest BCUT2D eigenvalue weighted by Crippen LogP contribution is 2.32. The predicted octanol–water partition coefficient (Wildman–Crippen LogP) is 3.28. The number of nitrogens with zero attached hydrogens (tertiary/aromatic N) is 3. The Hall–Kier alpha value is -2.77. The Morgan fingerprint density at radius 1 is 1.22 bits per heavy atom. The second-order valence-electron chi connectivity index (χ2n) is 5.51. The number of para-hydroxylation sites is 1. The number of nitro benzene ring substituents is 1. The highest BCUT2D eigenvalue weighted by Gasteiger charge is 2.24. The number of hydrogen-bond acceptors (Lipinski definition) is 6. The van der Waals surface area contributed by atoms with Crippen molar-refractivity contribution >= 4 is 17.6 Å². The summed E-state index contributed by atoms with van der Waals surface area (Å²) < 4.78 is 5.49. The minimum Gasteiger partial charge on any atom is -0.408 e. The molecule has 23 heavy (non-hydrogen) atoms. The van der Waals surface area contributed by atoms with Gasteiger partial charge in [0.15, 0.2) is 0 Å². The third-order valence-corrected chi connectivity index (χ3v) is 3.96. The van der Waals surface area contributed by atoms with Gasteiger partial charge in [-0.2, -0.15) is 0 Å². The molecule has 1 amide bonds. The van der Waals surface area contributed by atoms with E-state index in [1.54, 1.807) is 6.07 Å². The van der Waals surface area contributed by atoms with E-state index in [0.717, 1.165) is 25.7 Å². The highest BCUT2D eigenvalue weighted by atomic mass is 16.6. The first-order valence-electron chi connectivity index (χ1n) is 7.53. The van der Waals surface area contributed by atoms with Crippen LogP contribution < -0.4 is 5.32 Å². The molecule has 0 radical (unpaired) electrons. The van der Waals surface area contributed by atoms with Crippen LogP contribution in [0.5, 0.6) is 0 Å². The van der Waals surface area contributed by atoms with Crippen molar-refractivity contribution < 1.29 is 14.1 Å². The third kappa shape index (κ3) is 3.36. The van der Waals surface area contributed by atoms with Crippen molar-refractivity contribution in [1.29, 1.82) is 0 Å². The van der Waals surface area contributed by atoms with E-state index in [9.17, 15) is 14.9 Å². The van der Waals surface area contributed by atoms with Crippen molar-refractivity contribution in [2.45, 2.75) is 38.0 Å². The summed E-state index contributed by atoms with van der Waals surface area (Å²) in [6.45, 7) is 0. The molecule has 1 N–H and O–H groups in total. The summed E-state index contributed by atoms with van der Waals surface area (Å²) in [4.78, 5) is 22.5. The molecule has 0 aliphatic heterocycles. The molecule has 0 bridgehead atoms. The molecular weight excluding hydrogens is 300 g/mol. The van der Waals surface area contributed by atoms with Gasteiger partial charge in [-0.25, -0.2) is 0 Å². The summed E-state index contributed by atoms with van der Waals surface area (Å²) in [5.74, 6) is 0.103. The van der Waals surface area contributed by atoms with Gasteiger partial charge in [-0.05, 0) is 18.9 Å². The number of aromatic nitrogens is 2. The van der Waals surface area contributed by atoms with Gasteiger partial charge < -0.3 is 4.42 Å². The number of carbonyl (C=O) groups is 1. The van der Waals surface area contributed by atoms with E-state index in [2.05, 4.69) is 15.5 Å². The summed E-state index contributed by atoms with van der Waals surface area (Å²) in [5.41, 5.74) is -0.313. The van der Waals surface area contributed by atoms with E-state index < -0.39 is 10.8 Å². The number of hydrogen-bond donors (Lipinski definition) is 1. The molecule has 2 aromatic rings. The molecule has 8 nitrogen and oxygen atoms in total. The first-order chi connectivity index (χ1) is 11.1. The lowest BCUT2D eigenvalue weighted by atomic mass is 9.89. The van der Waals surface area contributed by atoms with Crippen LogP contribution in [0.3, 0.4) is 0 Å². The van der Waals surface area contributed by atoms with Crippen LogP contribution in [0.2, 0.25) is 0 Å². The van der Waals surface area contributed by atoms with Crippen molar-refractivity contribution in [1.82, 2.24) is 10.2 Å². The number of rotatable bonds is 4. The average Bonchev–Trinajstić information content (AvgIpc) is 3.04. The fourth-order valence-electron chi connectivity index (χ4n) is 2.79. The highest BCUT2D eigenvalue weighted by molar-refractivity contribution is 6.06. The topological polar surface area (TPSA) is 111 Å². The quantitative estimate of drug-likeness (QED) is 0.684. The van der Waals surface area contributed by atoms with Crippen LogP contribution in [0.1, 0.15) is 54.3 Å². The molecule has 0 atom stereocenters. The van der Waals surface area contributed by atoms with Crippen molar-refractivity contribution in [2.24, 2.45) is 0 Å². The first-order valence-corrected chi connectivity index (χ1v) is 7.53. The van der Waals surface area contributed by atoms with Crippen molar-refractivity contribution in [2.75, 3.05) is 5.32 Å². The molecule has 1 aromatic heterocycles. The van der Waals surface area contributed by atoms with Crippen LogP contribution in [-0.2, 0) is 0 Å². The standard InChI is InChI=1S/C15H16N4O4/c20-13(11-8-4-5-9-12(11)19(21)22)16-15-18-17-14(23-15)10-6-2-1-3-7-10/h4-5,8-10H,1-3,6-7H2,(H,16,18,20). The van der Waals surface area contributed by atoms with Gasteiger partial charge >= 0.3 is 6.01 Å². The summed E-state index contributed by atoms with van der Waals surface area (Å²) in [6.07, 6.45) is 5.47. The molecule has 1 aliphatic carbocycles. The number of nitrogens with one attached hydrogen (secondary N) is 1. The van der Waals surface area contributed by atoms with Gasteiger partial charge in [0.1, 0.15) is 5.56 Å². The van der Waals surface area contributed by atoms with Gasteiger partial charge in [-0.15, -0.1) is 5.10 Å². The molecule has 1 aromatic carbocycles. The maximum Gasteiger partial charge on any atom is 0.322 e. The molecule has 0 spiro atoms. The van der Waals surface area contributed by atoms with Gasteiger partial charge in [0.05, 0.1) is 4.92 Å². The van der Waals surface area contributed by atoms with Crippen LogP contribution >= 0.6 is 0 Å². The van der Waals surface area contributed by atoms with Crippen molar-refractivity contribution in [3.63, 3.8) is 0 Å². The Labute approximate surface area is 132 Å². The zero-order valence-corrected chi connectivity index (χ0v) is 12.4. The van der Waals surface area contributed by atoms with E-state index in [1.165, 1.54) is 24.6 Å². The fourth-order valence-corrected chi connectivity index (χ4v) is 2.79. The summed E-state index contributed by atoms with van der Waals surface area (Å²) in [5, 5.41) is 21.2. The molecule has 0 unspecified atom stereocenters. The molecule has 1 saturated carbocycles. The summed E-state index contributed by atoms with van der Waals surface area (Å²) in [7, 11) is 0. The van der Waals surface area contributed by atoms with Crippen LogP contribution in [0.15, 0.2) is 28.7 Å². The van der Waals surface area contributed by atoms with Crippen molar-refractivity contribution in [3.05, 3.63) is 45.8 Å². The predicted molar refractivity (Wildman–Crippen MR) is 81.2 cm³/mol. The molecule has 3 rings (SSSR count). The van der Waals surface area contributed by atoms with Crippen LogP contribution in [0, 0.1) is 10.1 Å². The Morgan fingerprint density at radius 3 is 2.70 bits per heavy atom. The van der Waals surface area contributed by atoms with E-state index >= 15 is 0 Å². The number of anilines is 1. The van der Waals surface area contributed by atoms with E-state index in [1.807, 2.05) is 0 Å². The van der Waals surface area contributed by atoms with Crippen molar-refractivity contribution in [3.8, 4) is 0 Å². The molecule has 8 heteroatoms. The molecule has 1 fully saturated rings. The second kappa shape index (κ2) is 6.55. The Bertz CT molecular complexity index is 722. The third-order valence-electron chi connectivity index (χ3n) is 3.96. The monoisotopic (exact) mass is 316 g/mol. The summed E-state index contributed by atoms with van der Waals surface area (Å²) >= 11 is 0. The normalized spacial score (nSPS) is 15.3. The zero-order valence-electron chi connectivity index (χ0n) is 12.4. The fraction of sp³-hybridized carbons (Fsp3) is 0.400. The van der Waals surface area contributed by atoms with Crippen LogP contribution in [0.25, 0.3) is 0 Å². The number of benzene rings is 1. The van der Waals surface area contributed by atoms with Crippen LogP contribution in [-0.4, -0.2) is 21.0 Å². The minimum atomic E-state index is -0.642. The van der Waals surface area contributed by atoms with Gasteiger partial charge in [-0.1, -0.05) is 36.5 Å². The number of nitro groups is 1. The largest absolute Gasteiger partial charge is 0.408 e. The lowest BCUT2D eigenvalue weighted by Gasteiger charge is -2.17.